The average Bonchev–Trinajstić information content (AvgIpc) is 3.36. The summed E-state index contributed by atoms with van der Waals surface area (Å²) in [5.74, 6) is 1.62. The van der Waals surface area contributed by atoms with Crippen LogP contribution in [0.2, 0.25) is 0 Å². The summed E-state index contributed by atoms with van der Waals surface area (Å²) >= 11 is 0. The van der Waals surface area contributed by atoms with Gasteiger partial charge in [0.1, 0.15) is 0 Å². The lowest BCUT2D eigenvalue weighted by Gasteiger charge is -2.34. The number of rotatable bonds is 5. The Hall–Kier alpha value is -1.13. The van der Waals surface area contributed by atoms with Crippen molar-refractivity contribution in [3.05, 3.63) is 33.2 Å². The maximum atomic E-state index is 12.2. The van der Waals surface area contributed by atoms with Crippen LogP contribution in [0.15, 0.2) is 11.0 Å². The lowest BCUT2D eigenvalue weighted by atomic mass is 10.0. The predicted molar refractivity (Wildman–Crippen MR) is 99.4 cm³/mol. The summed E-state index contributed by atoms with van der Waals surface area (Å²) < 4.78 is 0. The van der Waals surface area contributed by atoms with Crippen LogP contribution in [0.1, 0.15) is 49.9 Å². The normalized spacial score (nSPS) is 23.6. The van der Waals surface area contributed by atoms with Gasteiger partial charge in [-0.05, 0) is 58.0 Å². The van der Waals surface area contributed by atoms with Crippen LogP contribution in [0.4, 0.5) is 0 Å². The lowest BCUT2D eigenvalue weighted by molar-refractivity contribution is 0.131. The molecule has 134 valence electrons. The fourth-order valence-corrected chi connectivity index (χ4v) is 3.96. The van der Waals surface area contributed by atoms with Crippen LogP contribution < -0.4 is 5.43 Å². The molecular weight excluding hydrogens is 298 g/mol. The SMILES string of the molecule is Cc1c[nH]c(CN2CCCN(CC3CC3)[C@H](C(C)C)C2)c(C)c1=O. The number of nitrogens with zero attached hydrogens (tertiary/aromatic N) is 2. The lowest BCUT2D eigenvalue weighted by Crippen LogP contribution is -2.45. The van der Waals surface area contributed by atoms with Crippen molar-refractivity contribution in [1.29, 1.82) is 0 Å². The molecule has 1 N–H and O–H groups in total. The summed E-state index contributed by atoms with van der Waals surface area (Å²) in [6.45, 7) is 14.2. The number of H-pyrrole nitrogens is 1. The molecule has 2 fully saturated rings. The summed E-state index contributed by atoms with van der Waals surface area (Å²) in [5.41, 5.74) is 2.97. The summed E-state index contributed by atoms with van der Waals surface area (Å²) in [6, 6.07) is 0.630. The van der Waals surface area contributed by atoms with Crippen molar-refractivity contribution in [2.75, 3.05) is 26.2 Å². The number of hydrogen-bond donors (Lipinski definition) is 1. The summed E-state index contributed by atoms with van der Waals surface area (Å²) in [4.78, 5) is 20.9. The molecule has 0 spiro atoms. The fraction of sp³-hybridized carbons (Fsp3) is 0.750. The molecule has 0 unspecified atom stereocenters. The molecule has 1 saturated carbocycles. The van der Waals surface area contributed by atoms with Gasteiger partial charge >= 0.3 is 0 Å². The first-order chi connectivity index (χ1) is 11.5. The van der Waals surface area contributed by atoms with Crippen LogP contribution in [0.25, 0.3) is 0 Å². The van der Waals surface area contributed by atoms with Crippen LogP contribution in [0.3, 0.4) is 0 Å². The van der Waals surface area contributed by atoms with Crippen LogP contribution in [-0.2, 0) is 6.54 Å². The van der Waals surface area contributed by atoms with Gasteiger partial charge < -0.3 is 4.98 Å². The Morgan fingerprint density at radius 2 is 2.00 bits per heavy atom. The van der Waals surface area contributed by atoms with E-state index in [9.17, 15) is 4.79 Å². The zero-order chi connectivity index (χ0) is 17.3. The summed E-state index contributed by atoms with van der Waals surface area (Å²) in [7, 11) is 0. The van der Waals surface area contributed by atoms with Gasteiger partial charge in [0.25, 0.3) is 0 Å². The van der Waals surface area contributed by atoms with Gasteiger partial charge in [0.15, 0.2) is 5.43 Å². The molecule has 1 aromatic rings. The maximum Gasteiger partial charge on any atom is 0.187 e. The van der Waals surface area contributed by atoms with Gasteiger partial charge in [-0.2, -0.15) is 0 Å². The molecule has 1 aliphatic heterocycles. The molecule has 1 aromatic heterocycles. The molecule has 0 amide bonds. The molecule has 2 aliphatic rings. The quantitative estimate of drug-likeness (QED) is 0.902. The van der Waals surface area contributed by atoms with Gasteiger partial charge in [-0.1, -0.05) is 13.8 Å². The Kier molecular flexibility index (Phi) is 5.46. The third-order valence-electron chi connectivity index (χ3n) is 5.79. The van der Waals surface area contributed by atoms with Crippen LogP contribution in [-0.4, -0.2) is 47.0 Å². The third-order valence-corrected chi connectivity index (χ3v) is 5.79. The van der Waals surface area contributed by atoms with Gasteiger partial charge in [0.2, 0.25) is 0 Å². The predicted octanol–water partition coefficient (Wildman–Crippen LogP) is 2.93. The van der Waals surface area contributed by atoms with E-state index < -0.39 is 0 Å². The van der Waals surface area contributed by atoms with Crippen molar-refractivity contribution >= 4 is 0 Å². The molecule has 0 radical (unpaired) electrons. The standard InChI is InChI=1S/C20H33N3O/c1-14(2)19-13-22(8-5-9-23(19)11-17-6-7-17)12-18-16(4)20(24)15(3)10-21-18/h10,14,17,19H,5-9,11-13H2,1-4H3,(H,21,24)/t19-/m0/s1. The van der Waals surface area contributed by atoms with Gasteiger partial charge in [-0.15, -0.1) is 0 Å². The highest BCUT2D eigenvalue weighted by Gasteiger charge is 2.32. The molecule has 1 saturated heterocycles. The van der Waals surface area contributed by atoms with Crippen molar-refractivity contribution in [3.8, 4) is 0 Å². The zero-order valence-electron chi connectivity index (χ0n) is 15.8. The smallest absolute Gasteiger partial charge is 0.187 e. The van der Waals surface area contributed by atoms with E-state index in [1.165, 1.54) is 32.4 Å². The first-order valence-corrected chi connectivity index (χ1v) is 9.60. The van der Waals surface area contributed by atoms with Crippen molar-refractivity contribution in [2.24, 2.45) is 11.8 Å². The second-order valence-electron chi connectivity index (χ2n) is 8.24. The topological polar surface area (TPSA) is 39.3 Å². The molecule has 4 heteroatoms. The molecule has 1 aliphatic carbocycles. The molecule has 0 aromatic carbocycles. The number of nitrogens with one attached hydrogen (secondary N) is 1. The van der Waals surface area contributed by atoms with E-state index in [0.717, 1.165) is 42.4 Å². The highest BCUT2D eigenvalue weighted by molar-refractivity contribution is 5.23. The minimum absolute atomic E-state index is 0.189. The van der Waals surface area contributed by atoms with Crippen LogP contribution in [0.5, 0.6) is 0 Å². The van der Waals surface area contributed by atoms with E-state index in [2.05, 4.69) is 28.6 Å². The van der Waals surface area contributed by atoms with Crippen LogP contribution >= 0.6 is 0 Å². The number of aryl methyl sites for hydroxylation is 1. The van der Waals surface area contributed by atoms with Crippen molar-refractivity contribution in [3.63, 3.8) is 0 Å². The monoisotopic (exact) mass is 331 g/mol. The first kappa shape index (κ1) is 17.7. The largest absolute Gasteiger partial charge is 0.363 e. The van der Waals surface area contributed by atoms with E-state index in [0.29, 0.717) is 12.0 Å². The number of aromatic nitrogens is 1. The molecular formula is C20H33N3O. The Labute approximate surface area is 146 Å². The molecule has 0 bridgehead atoms. The zero-order valence-corrected chi connectivity index (χ0v) is 15.8. The van der Waals surface area contributed by atoms with Gasteiger partial charge in [-0.3, -0.25) is 14.6 Å². The first-order valence-electron chi connectivity index (χ1n) is 9.60. The molecule has 3 rings (SSSR count). The van der Waals surface area contributed by atoms with Crippen molar-refractivity contribution in [1.82, 2.24) is 14.8 Å². The number of hydrogen-bond acceptors (Lipinski definition) is 3. The van der Waals surface area contributed by atoms with Gasteiger partial charge in [-0.25, -0.2) is 0 Å². The number of pyridine rings is 1. The molecule has 4 nitrogen and oxygen atoms in total. The molecule has 24 heavy (non-hydrogen) atoms. The molecule has 2 heterocycles. The van der Waals surface area contributed by atoms with E-state index in [-0.39, 0.29) is 5.43 Å². The highest BCUT2D eigenvalue weighted by Crippen LogP contribution is 2.32. The van der Waals surface area contributed by atoms with Crippen molar-refractivity contribution in [2.45, 2.75) is 59.5 Å². The Bertz CT molecular complexity index is 618. The van der Waals surface area contributed by atoms with E-state index in [1.54, 1.807) is 0 Å². The van der Waals surface area contributed by atoms with E-state index >= 15 is 0 Å². The van der Waals surface area contributed by atoms with Crippen LogP contribution in [0, 0.1) is 25.7 Å². The van der Waals surface area contributed by atoms with Gasteiger partial charge in [0, 0.05) is 48.7 Å². The second-order valence-corrected chi connectivity index (χ2v) is 8.24. The van der Waals surface area contributed by atoms with E-state index in [4.69, 9.17) is 0 Å². The second kappa shape index (κ2) is 7.40. The van der Waals surface area contributed by atoms with E-state index in [1.807, 2.05) is 20.0 Å². The third kappa shape index (κ3) is 4.09. The Balaban J connectivity index is 1.72. The molecule has 1 atom stereocenters. The van der Waals surface area contributed by atoms with Crippen molar-refractivity contribution < 1.29 is 0 Å². The Morgan fingerprint density at radius 3 is 2.67 bits per heavy atom. The number of aromatic amines is 1. The summed E-state index contributed by atoms with van der Waals surface area (Å²) in [6.07, 6.45) is 5.94. The minimum Gasteiger partial charge on any atom is -0.363 e. The maximum absolute atomic E-state index is 12.2. The average molecular weight is 332 g/mol. The van der Waals surface area contributed by atoms with Gasteiger partial charge in [0.05, 0.1) is 0 Å². The fourth-order valence-electron chi connectivity index (χ4n) is 3.96. The highest BCUT2D eigenvalue weighted by atomic mass is 16.1. The summed E-state index contributed by atoms with van der Waals surface area (Å²) in [5, 5.41) is 0. The minimum atomic E-state index is 0.189. The Morgan fingerprint density at radius 1 is 1.25 bits per heavy atom.